The minimum absolute atomic E-state index is 0.0179. The predicted molar refractivity (Wildman–Crippen MR) is 94.1 cm³/mol. The third-order valence-corrected chi connectivity index (χ3v) is 3.61. The van der Waals surface area contributed by atoms with Gasteiger partial charge in [0.15, 0.2) is 5.92 Å². The Morgan fingerprint density at radius 2 is 1.96 bits per heavy atom. The standard InChI is InChI=1S/C18H19N3O5/c1-4-10-21-16(23)14(15(22)20-18(21)25)11(3)19-13-8-6-12(7-9-13)17(24)26-5-2/h4,6-9,14,19H,1,3,5,10H2,2H3,(H,20,22,25)/t14-/m0/s1. The van der Waals surface area contributed by atoms with Crippen LogP contribution < -0.4 is 10.6 Å². The van der Waals surface area contributed by atoms with Crippen LogP contribution >= 0.6 is 0 Å². The number of nitrogens with zero attached hydrogens (tertiary/aromatic N) is 1. The number of barbiturate groups is 1. The summed E-state index contributed by atoms with van der Waals surface area (Å²) in [6.07, 6.45) is 1.38. The van der Waals surface area contributed by atoms with Crippen LogP contribution in [0.2, 0.25) is 0 Å². The van der Waals surface area contributed by atoms with Crippen LogP contribution in [0.5, 0.6) is 0 Å². The van der Waals surface area contributed by atoms with Gasteiger partial charge in [0.1, 0.15) is 0 Å². The van der Waals surface area contributed by atoms with Gasteiger partial charge in [-0.05, 0) is 31.2 Å². The number of imide groups is 2. The lowest BCUT2D eigenvalue weighted by Gasteiger charge is -2.30. The Morgan fingerprint density at radius 3 is 2.54 bits per heavy atom. The highest BCUT2D eigenvalue weighted by Crippen LogP contribution is 2.21. The molecule has 0 aliphatic carbocycles. The highest BCUT2D eigenvalue weighted by Gasteiger charge is 2.41. The summed E-state index contributed by atoms with van der Waals surface area (Å²) < 4.78 is 4.90. The first-order valence-electron chi connectivity index (χ1n) is 7.89. The second kappa shape index (κ2) is 8.11. The Bertz CT molecular complexity index is 770. The molecule has 136 valence electrons. The van der Waals surface area contributed by atoms with Crippen molar-refractivity contribution in [3.8, 4) is 0 Å². The van der Waals surface area contributed by atoms with Crippen molar-refractivity contribution in [3.63, 3.8) is 0 Å². The predicted octanol–water partition coefficient (Wildman–Crippen LogP) is 1.67. The van der Waals surface area contributed by atoms with Gasteiger partial charge in [-0.25, -0.2) is 9.59 Å². The average Bonchev–Trinajstić information content (AvgIpc) is 2.59. The maximum Gasteiger partial charge on any atom is 0.338 e. The summed E-state index contributed by atoms with van der Waals surface area (Å²) in [7, 11) is 0. The Labute approximate surface area is 150 Å². The van der Waals surface area contributed by atoms with E-state index < -0.39 is 29.7 Å². The Morgan fingerprint density at radius 1 is 1.31 bits per heavy atom. The van der Waals surface area contributed by atoms with E-state index >= 15 is 0 Å². The Balaban J connectivity index is 2.12. The van der Waals surface area contributed by atoms with Crippen molar-refractivity contribution >= 4 is 29.5 Å². The molecule has 1 aromatic carbocycles. The molecule has 1 aliphatic heterocycles. The third kappa shape index (κ3) is 3.97. The van der Waals surface area contributed by atoms with Crippen LogP contribution in [0.25, 0.3) is 0 Å². The number of carbonyl (C=O) groups is 4. The lowest BCUT2D eigenvalue weighted by atomic mass is 10.0. The molecule has 0 saturated carbocycles. The van der Waals surface area contributed by atoms with Crippen LogP contribution in [0.3, 0.4) is 0 Å². The molecule has 0 bridgehead atoms. The summed E-state index contributed by atoms with van der Waals surface area (Å²) >= 11 is 0. The van der Waals surface area contributed by atoms with Crippen molar-refractivity contribution in [1.82, 2.24) is 10.2 Å². The van der Waals surface area contributed by atoms with Crippen molar-refractivity contribution in [1.29, 1.82) is 0 Å². The van der Waals surface area contributed by atoms with E-state index in [4.69, 9.17) is 4.74 Å². The SMILES string of the molecule is C=CCN1C(=O)NC(=O)[C@H](C(=C)Nc2ccc(C(=O)OCC)cc2)C1=O. The second-order valence-corrected chi connectivity index (χ2v) is 5.41. The topological polar surface area (TPSA) is 105 Å². The number of esters is 1. The number of amides is 4. The molecule has 1 atom stereocenters. The molecule has 8 heteroatoms. The molecule has 1 heterocycles. The van der Waals surface area contributed by atoms with Crippen LogP contribution in [0.1, 0.15) is 17.3 Å². The number of nitrogens with one attached hydrogen (secondary N) is 2. The largest absolute Gasteiger partial charge is 0.462 e. The smallest absolute Gasteiger partial charge is 0.338 e. The first-order chi connectivity index (χ1) is 12.4. The van der Waals surface area contributed by atoms with E-state index in [1.165, 1.54) is 6.08 Å². The number of benzene rings is 1. The van der Waals surface area contributed by atoms with Crippen LogP contribution in [-0.2, 0) is 14.3 Å². The number of urea groups is 1. The van der Waals surface area contributed by atoms with E-state index in [9.17, 15) is 19.2 Å². The Hall–Kier alpha value is -3.42. The lowest BCUT2D eigenvalue weighted by Crippen LogP contribution is -2.58. The number of anilines is 1. The van der Waals surface area contributed by atoms with Gasteiger partial charge >= 0.3 is 12.0 Å². The first kappa shape index (κ1) is 18.9. The van der Waals surface area contributed by atoms with E-state index in [0.717, 1.165) is 4.90 Å². The summed E-state index contributed by atoms with van der Waals surface area (Å²) in [4.78, 5) is 48.7. The van der Waals surface area contributed by atoms with Gasteiger partial charge in [0.2, 0.25) is 11.8 Å². The summed E-state index contributed by atoms with van der Waals surface area (Å²) in [5.41, 5.74) is 1.01. The summed E-state index contributed by atoms with van der Waals surface area (Å²) in [6, 6.07) is 5.49. The zero-order chi connectivity index (χ0) is 19.3. The van der Waals surface area contributed by atoms with E-state index in [2.05, 4.69) is 23.8 Å². The van der Waals surface area contributed by atoms with Gasteiger partial charge in [-0.3, -0.25) is 19.8 Å². The van der Waals surface area contributed by atoms with Crippen LogP contribution in [-0.4, -0.2) is 41.9 Å². The van der Waals surface area contributed by atoms with Gasteiger partial charge < -0.3 is 10.1 Å². The fraction of sp³-hybridized carbons (Fsp3) is 0.222. The third-order valence-electron chi connectivity index (χ3n) is 3.61. The maximum absolute atomic E-state index is 12.4. The molecule has 4 amide bonds. The number of ether oxygens (including phenoxy) is 1. The van der Waals surface area contributed by atoms with Gasteiger partial charge in [0.05, 0.1) is 12.2 Å². The van der Waals surface area contributed by atoms with Crippen LogP contribution in [0.15, 0.2) is 49.2 Å². The van der Waals surface area contributed by atoms with Crippen molar-refractivity contribution in [2.45, 2.75) is 6.92 Å². The Kier molecular flexibility index (Phi) is 5.90. The minimum Gasteiger partial charge on any atom is -0.462 e. The highest BCUT2D eigenvalue weighted by molar-refractivity contribution is 6.18. The highest BCUT2D eigenvalue weighted by atomic mass is 16.5. The quantitative estimate of drug-likeness (QED) is 0.437. The molecule has 8 nitrogen and oxygen atoms in total. The zero-order valence-electron chi connectivity index (χ0n) is 14.3. The van der Waals surface area contributed by atoms with Crippen molar-refractivity contribution < 1.29 is 23.9 Å². The number of carbonyl (C=O) groups excluding carboxylic acids is 4. The average molecular weight is 357 g/mol. The molecular weight excluding hydrogens is 338 g/mol. The summed E-state index contributed by atoms with van der Waals surface area (Å²) in [5.74, 6) is -3.13. The molecule has 0 aromatic heterocycles. The molecule has 0 unspecified atom stereocenters. The molecule has 26 heavy (non-hydrogen) atoms. The van der Waals surface area contributed by atoms with E-state index in [0.29, 0.717) is 11.3 Å². The van der Waals surface area contributed by atoms with E-state index in [-0.39, 0.29) is 18.8 Å². The molecular formula is C18H19N3O5. The van der Waals surface area contributed by atoms with E-state index in [1.807, 2.05) is 0 Å². The number of hydrogen-bond donors (Lipinski definition) is 2. The van der Waals surface area contributed by atoms with Crippen LogP contribution in [0.4, 0.5) is 10.5 Å². The van der Waals surface area contributed by atoms with Crippen LogP contribution in [0, 0.1) is 5.92 Å². The molecule has 2 N–H and O–H groups in total. The second-order valence-electron chi connectivity index (χ2n) is 5.41. The van der Waals surface area contributed by atoms with Gasteiger partial charge in [-0.2, -0.15) is 0 Å². The minimum atomic E-state index is -1.25. The molecule has 0 spiro atoms. The fourth-order valence-electron chi connectivity index (χ4n) is 2.38. The summed E-state index contributed by atoms with van der Waals surface area (Å²) in [6.45, 7) is 9.18. The normalized spacial score (nSPS) is 16.7. The number of hydrogen-bond acceptors (Lipinski definition) is 6. The monoisotopic (exact) mass is 357 g/mol. The first-order valence-corrected chi connectivity index (χ1v) is 7.89. The van der Waals surface area contributed by atoms with Gasteiger partial charge in [-0.15, -0.1) is 6.58 Å². The summed E-state index contributed by atoms with van der Waals surface area (Å²) in [5, 5.41) is 4.97. The maximum atomic E-state index is 12.4. The molecule has 1 saturated heterocycles. The lowest BCUT2D eigenvalue weighted by molar-refractivity contribution is -0.140. The molecule has 1 aliphatic rings. The van der Waals surface area contributed by atoms with Crippen molar-refractivity contribution in [2.24, 2.45) is 5.92 Å². The van der Waals surface area contributed by atoms with Gasteiger partial charge in [-0.1, -0.05) is 12.7 Å². The van der Waals surface area contributed by atoms with E-state index in [1.54, 1.807) is 31.2 Å². The molecule has 1 fully saturated rings. The number of rotatable bonds is 7. The van der Waals surface area contributed by atoms with Gasteiger partial charge in [0.25, 0.3) is 0 Å². The van der Waals surface area contributed by atoms with Crippen molar-refractivity contribution in [2.75, 3.05) is 18.5 Å². The molecule has 1 aromatic rings. The van der Waals surface area contributed by atoms with Crippen molar-refractivity contribution in [3.05, 3.63) is 54.8 Å². The zero-order valence-corrected chi connectivity index (χ0v) is 14.3. The van der Waals surface area contributed by atoms with Gasteiger partial charge in [0, 0.05) is 17.9 Å². The fourth-order valence-corrected chi connectivity index (χ4v) is 2.38. The molecule has 2 rings (SSSR count). The molecule has 0 radical (unpaired) electrons.